The average molecular weight is 273 g/mol. The third kappa shape index (κ3) is 3.59. The second-order valence-electron chi connectivity index (χ2n) is 4.68. The highest BCUT2D eigenvalue weighted by Crippen LogP contribution is 2.24. The molecule has 0 aliphatic carbocycles. The topological polar surface area (TPSA) is 15.3 Å². The van der Waals surface area contributed by atoms with Crippen molar-refractivity contribution in [3.63, 3.8) is 0 Å². The summed E-state index contributed by atoms with van der Waals surface area (Å²) >= 11 is 12.3. The maximum atomic E-state index is 6.14. The van der Waals surface area contributed by atoms with E-state index < -0.39 is 0 Å². The van der Waals surface area contributed by atoms with Gasteiger partial charge in [-0.25, -0.2) is 0 Å². The maximum absolute atomic E-state index is 6.14. The Morgan fingerprint density at radius 1 is 1.35 bits per heavy atom. The van der Waals surface area contributed by atoms with Crippen molar-refractivity contribution < 1.29 is 0 Å². The number of halogens is 2. The molecule has 0 bridgehead atoms. The van der Waals surface area contributed by atoms with E-state index in [4.69, 9.17) is 23.2 Å². The van der Waals surface area contributed by atoms with E-state index in [1.54, 1.807) is 0 Å². The monoisotopic (exact) mass is 272 g/mol. The van der Waals surface area contributed by atoms with Gasteiger partial charge in [0.1, 0.15) is 0 Å². The van der Waals surface area contributed by atoms with Crippen molar-refractivity contribution in [2.24, 2.45) is 0 Å². The lowest BCUT2D eigenvalue weighted by Crippen LogP contribution is -2.43. The Balaban J connectivity index is 1.93. The normalized spacial score (nSPS) is 21.7. The van der Waals surface area contributed by atoms with Crippen LogP contribution in [0, 0.1) is 0 Å². The lowest BCUT2D eigenvalue weighted by Gasteiger charge is -2.30. The molecule has 94 valence electrons. The molecule has 1 aliphatic rings. The number of benzene rings is 1. The molecule has 17 heavy (non-hydrogen) atoms. The molecule has 0 saturated carbocycles. The quantitative estimate of drug-likeness (QED) is 0.910. The van der Waals surface area contributed by atoms with E-state index in [-0.39, 0.29) is 0 Å². The standard InChI is InChI=1S/C13H18Cl2N2/c1-17-7-3-4-10(9-17)16-8-11-12(14)5-2-6-13(11)15/h2,5-6,10,16H,3-4,7-9H2,1H3. The van der Waals surface area contributed by atoms with E-state index in [2.05, 4.69) is 17.3 Å². The molecule has 2 rings (SSSR count). The fraction of sp³-hybridized carbons (Fsp3) is 0.538. The molecule has 1 aromatic rings. The average Bonchev–Trinajstić information content (AvgIpc) is 2.28. The molecule has 1 unspecified atom stereocenters. The zero-order chi connectivity index (χ0) is 12.3. The first kappa shape index (κ1) is 13.2. The van der Waals surface area contributed by atoms with Gasteiger partial charge in [-0.3, -0.25) is 0 Å². The van der Waals surface area contributed by atoms with Crippen LogP contribution in [0.5, 0.6) is 0 Å². The summed E-state index contributed by atoms with van der Waals surface area (Å²) in [4.78, 5) is 2.36. The van der Waals surface area contributed by atoms with Crippen molar-refractivity contribution >= 4 is 23.2 Å². The highest BCUT2D eigenvalue weighted by atomic mass is 35.5. The second-order valence-corrected chi connectivity index (χ2v) is 5.50. The summed E-state index contributed by atoms with van der Waals surface area (Å²) in [5.41, 5.74) is 1.00. The molecule has 1 N–H and O–H groups in total. The molecule has 2 nitrogen and oxygen atoms in total. The van der Waals surface area contributed by atoms with E-state index >= 15 is 0 Å². The smallest absolute Gasteiger partial charge is 0.0465 e. The first-order valence-corrected chi connectivity index (χ1v) is 6.77. The molecular formula is C13H18Cl2N2. The third-order valence-corrected chi connectivity index (χ3v) is 3.96. The van der Waals surface area contributed by atoms with Crippen LogP contribution in [0.25, 0.3) is 0 Å². The van der Waals surface area contributed by atoms with E-state index in [1.165, 1.54) is 19.4 Å². The van der Waals surface area contributed by atoms with Gasteiger partial charge >= 0.3 is 0 Å². The number of rotatable bonds is 3. The van der Waals surface area contributed by atoms with Crippen molar-refractivity contribution in [1.29, 1.82) is 0 Å². The van der Waals surface area contributed by atoms with Gasteiger partial charge in [0, 0.05) is 34.7 Å². The van der Waals surface area contributed by atoms with Crippen LogP contribution in [0.15, 0.2) is 18.2 Å². The van der Waals surface area contributed by atoms with Crippen LogP contribution in [-0.2, 0) is 6.54 Å². The predicted octanol–water partition coefficient (Wildman–Crippen LogP) is 3.18. The van der Waals surface area contributed by atoms with E-state index in [0.29, 0.717) is 6.04 Å². The van der Waals surface area contributed by atoms with Gasteiger partial charge in [0.15, 0.2) is 0 Å². The van der Waals surface area contributed by atoms with Crippen molar-refractivity contribution in [1.82, 2.24) is 10.2 Å². The van der Waals surface area contributed by atoms with Gasteiger partial charge in [0.2, 0.25) is 0 Å². The number of likely N-dealkylation sites (tertiary alicyclic amines) is 1. The number of nitrogens with zero attached hydrogens (tertiary/aromatic N) is 1. The minimum absolute atomic E-state index is 0.543. The molecule has 1 heterocycles. The van der Waals surface area contributed by atoms with E-state index in [0.717, 1.165) is 28.7 Å². The van der Waals surface area contributed by atoms with Crippen LogP contribution >= 0.6 is 23.2 Å². The number of piperidine rings is 1. The Hall–Kier alpha value is -0.280. The predicted molar refractivity (Wildman–Crippen MR) is 73.8 cm³/mol. The second kappa shape index (κ2) is 6.05. The molecule has 1 aliphatic heterocycles. The van der Waals surface area contributed by atoms with Crippen LogP contribution in [0.2, 0.25) is 10.0 Å². The van der Waals surface area contributed by atoms with E-state index in [1.807, 2.05) is 18.2 Å². The number of likely N-dealkylation sites (N-methyl/N-ethyl adjacent to an activating group) is 1. The van der Waals surface area contributed by atoms with Gasteiger partial charge in [-0.05, 0) is 38.6 Å². The fourth-order valence-electron chi connectivity index (χ4n) is 2.28. The van der Waals surface area contributed by atoms with Crippen LogP contribution < -0.4 is 5.32 Å². The number of nitrogens with one attached hydrogen (secondary N) is 1. The summed E-state index contributed by atoms with van der Waals surface area (Å²) in [5.74, 6) is 0. The molecule has 0 radical (unpaired) electrons. The minimum Gasteiger partial charge on any atom is -0.309 e. The van der Waals surface area contributed by atoms with Gasteiger partial charge < -0.3 is 10.2 Å². The molecule has 4 heteroatoms. The Bertz CT molecular complexity index is 361. The van der Waals surface area contributed by atoms with Crippen molar-refractivity contribution in [3.05, 3.63) is 33.8 Å². The van der Waals surface area contributed by atoms with Gasteiger partial charge in [0.25, 0.3) is 0 Å². The molecule has 0 spiro atoms. The Kier molecular flexibility index (Phi) is 4.69. The molecule has 1 atom stereocenters. The third-order valence-electron chi connectivity index (χ3n) is 3.25. The van der Waals surface area contributed by atoms with Crippen LogP contribution in [0.1, 0.15) is 18.4 Å². The minimum atomic E-state index is 0.543. The van der Waals surface area contributed by atoms with Crippen LogP contribution in [0.3, 0.4) is 0 Å². The SMILES string of the molecule is CN1CCCC(NCc2c(Cl)cccc2Cl)C1. The van der Waals surface area contributed by atoms with E-state index in [9.17, 15) is 0 Å². The molecule has 1 saturated heterocycles. The van der Waals surface area contributed by atoms with Crippen LogP contribution in [0.4, 0.5) is 0 Å². The first-order chi connectivity index (χ1) is 8.16. The lowest BCUT2D eigenvalue weighted by molar-refractivity contribution is 0.226. The Morgan fingerprint density at radius 2 is 2.06 bits per heavy atom. The fourth-order valence-corrected chi connectivity index (χ4v) is 2.81. The summed E-state index contributed by atoms with van der Waals surface area (Å²) in [5, 5.41) is 5.03. The summed E-state index contributed by atoms with van der Waals surface area (Å²) < 4.78 is 0. The Labute approximate surface area is 113 Å². The largest absolute Gasteiger partial charge is 0.309 e. The maximum Gasteiger partial charge on any atom is 0.0465 e. The van der Waals surface area contributed by atoms with Crippen molar-refractivity contribution in [2.45, 2.75) is 25.4 Å². The van der Waals surface area contributed by atoms with Gasteiger partial charge in [-0.2, -0.15) is 0 Å². The molecule has 0 amide bonds. The molecule has 1 fully saturated rings. The lowest BCUT2D eigenvalue weighted by atomic mass is 10.1. The number of hydrogen-bond acceptors (Lipinski definition) is 2. The van der Waals surface area contributed by atoms with Gasteiger partial charge in [-0.1, -0.05) is 29.3 Å². The summed E-state index contributed by atoms with van der Waals surface area (Å²) in [6, 6.07) is 6.19. The highest BCUT2D eigenvalue weighted by molar-refractivity contribution is 6.35. The first-order valence-electron chi connectivity index (χ1n) is 6.01. The molecule has 1 aromatic carbocycles. The van der Waals surface area contributed by atoms with Gasteiger partial charge in [-0.15, -0.1) is 0 Å². The zero-order valence-electron chi connectivity index (χ0n) is 10.0. The van der Waals surface area contributed by atoms with Crippen LogP contribution in [-0.4, -0.2) is 31.1 Å². The molecular weight excluding hydrogens is 255 g/mol. The van der Waals surface area contributed by atoms with Gasteiger partial charge in [0.05, 0.1) is 0 Å². The zero-order valence-corrected chi connectivity index (χ0v) is 11.6. The molecule has 0 aromatic heterocycles. The summed E-state index contributed by atoms with van der Waals surface area (Å²) in [7, 11) is 2.16. The Morgan fingerprint density at radius 3 is 2.71 bits per heavy atom. The summed E-state index contributed by atoms with van der Waals surface area (Å²) in [6.07, 6.45) is 2.48. The van der Waals surface area contributed by atoms with Crippen molar-refractivity contribution in [3.8, 4) is 0 Å². The summed E-state index contributed by atoms with van der Waals surface area (Å²) in [6.45, 7) is 3.05. The number of hydrogen-bond donors (Lipinski definition) is 1. The highest BCUT2D eigenvalue weighted by Gasteiger charge is 2.17. The van der Waals surface area contributed by atoms with Crippen molar-refractivity contribution in [2.75, 3.05) is 20.1 Å².